The van der Waals surface area contributed by atoms with Crippen LogP contribution in [0.5, 0.6) is 11.5 Å². The molecule has 0 saturated heterocycles. The Morgan fingerprint density at radius 3 is 2.11 bits per heavy atom. The van der Waals surface area contributed by atoms with E-state index in [0.29, 0.717) is 12.4 Å². The minimum absolute atomic E-state index is 0.166. The Labute approximate surface area is 157 Å². The van der Waals surface area contributed by atoms with E-state index in [2.05, 4.69) is 20.5 Å². The summed E-state index contributed by atoms with van der Waals surface area (Å²) in [6.07, 6.45) is 1.77. The largest absolute Gasteiger partial charge is 0.497 e. The number of carbonyl (C=O) groups excluding carboxylic acids is 1. The fraction of sp³-hybridized carbons (Fsp3) is 0.250. The fourth-order valence-electron chi connectivity index (χ4n) is 2.62. The molecule has 0 spiro atoms. The molecule has 0 radical (unpaired) electrons. The van der Waals surface area contributed by atoms with Crippen LogP contribution in [0.1, 0.15) is 17.0 Å². The zero-order chi connectivity index (χ0) is 19.1. The van der Waals surface area contributed by atoms with E-state index >= 15 is 0 Å². The average molecular weight is 366 g/mol. The molecule has 7 nitrogen and oxygen atoms in total. The van der Waals surface area contributed by atoms with Gasteiger partial charge >= 0.3 is 0 Å². The van der Waals surface area contributed by atoms with Crippen LogP contribution < -0.4 is 14.8 Å². The maximum atomic E-state index is 12.1. The van der Waals surface area contributed by atoms with Crippen molar-refractivity contribution in [2.75, 3.05) is 19.5 Å². The molecule has 140 valence electrons. The first-order chi connectivity index (χ1) is 13.2. The van der Waals surface area contributed by atoms with Crippen molar-refractivity contribution in [1.82, 2.24) is 15.2 Å². The first kappa shape index (κ1) is 18.4. The smallest absolute Gasteiger partial charge is 0.248 e. The number of amides is 1. The van der Waals surface area contributed by atoms with Gasteiger partial charge in [0.15, 0.2) is 0 Å². The molecular formula is C20H22N4O3. The SMILES string of the molecule is COc1ccc(CCc2nc(NC(=O)Cc3ccc(OC)cc3)n[nH]2)cc1. The summed E-state index contributed by atoms with van der Waals surface area (Å²) < 4.78 is 10.3. The molecule has 1 heterocycles. The molecule has 2 N–H and O–H groups in total. The number of aromatic nitrogens is 3. The third-order valence-electron chi connectivity index (χ3n) is 4.12. The lowest BCUT2D eigenvalue weighted by molar-refractivity contribution is -0.115. The van der Waals surface area contributed by atoms with Crippen molar-refractivity contribution in [3.63, 3.8) is 0 Å². The van der Waals surface area contributed by atoms with Gasteiger partial charge in [-0.2, -0.15) is 4.98 Å². The normalized spacial score (nSPS) is 10.4. The first-order valence-electron chi connectivity index (χ1n) is 8.63. The van der Waals surface area contributed by atoms with Crippen molar-refractivity contribution < 1.29 is 14.3 Å². The molecule has 3 rings (SSSR count). The van der Waals surface area contributed by atoms with Gasteiger partial charge in [0.2, 0.25) is 11.9 Å². The maximum Gasteiger partial charge on any atom is 0.248 e. The van der Waals surface area contributed by atoms with Crippen molar-refractivity contribution in [2.24, 2.45) is 0 Å². The summed E-state index contributed by atoms with van der Waals surface area (Å²) in [5.41, 5.74) is 2.07. The number of benzene rings is 2. The topological polar surface area (TPSA) is 89.1 Å². The van der Waals surface area contributed by atoms with Crippen molar-refractivity contribution in [3.8, 4) is 11.5 Å². The van der Waals surface area contributed by atoms with Gasteiger partial charge in [-0.15, -0.1) is 5.10 Å². The Bertz CT molecular complexity index is 873. The number of rotatable bonds is 8. The summed E-state index contributed by atoms with van der Waals surface area (Å²) in [7, 11) is 3.26. The number of aryl methyl sites for hydroxylation is 2. The predicted octanol–water partition coefficient (Wildman–Crippen LogP) is 2.79. The number of anilines is 1. The predicted molar refractivity (Wildman–Crippen MR) is 102 cm³/mol. The minimum atomic E-state index is -0.166. The zero-order valence-electron chi connectivity index (χ0n) is 15.4. The third-order valence-corrected chi connectivity index (χ3v) is 4.12. The van der Waals surface area contributed by atoms with Gasteiger partial charge in [0, 0.05) is 6.42 Å². The van der Waals surface area contributed by atoms with Crippen molar-refractivity contribution in [3.05, 3.63) is 65.5 Å². The Morgan fingerprint density at radius 1 is 0.926 bits per heavy atom. The highest BCUT2D eigenvalue weighted by Gasteiger charge is 2.09. The Balaban J connectivity index is 1.49. The lowest BCUT2D eigenvalue weighted by atomic mass is 10.1. The number of aromatic amines is 1. The van der Waals surface area contributed by atoms with Gasteiger partial charge in [-0.3, -0.25) is 15.2 Å². The number of ether oxygens (including phenoxy) is 2. The molecule has 2 aromatic carbocycles. The lowest BCUT2D eigenvalue weighted by Gasteiger charge is -2.03. The highest BCUT2D eigenvalue weighted by atomic mass is 16.5. The third kappa shape index (κ3) is 5.31. The molecule has 1 aromatic heterocycles. The first-order valence-corrected chi connectivity index (χ1v) is 8.63. The van der Waals surface area contributed by atoms with E-state index < -0.39 is 0 Å². The van der Waals surface area contributed by atoms with Gasteiger partial charge in [0.1, 0.15) is 17.3 Å². The van der Waals surface area contributed by atoms with E-state index in [1.165, 1.54) is 5.56 Å². The van der Waals surface area contributed by atoms with E-state index in [4.69, 9.17) is 9.47 Å². The second-order valence-corrected chi connectivity index (χ2v) is 6.03. The van der Waals surface area contributed by atoms with Crippen LogP contribution in [0, 0.1) is 0 Å². The molecule has 0 atom stereocenters. The molecular weight excluding hydrogens is 344 g/mol. The molecule has 0 fully saturated rings. The summed E-state index contributed by atoms with van der Waals surface area (Å²) in [4.78, 5) is 16.5. The minimum Gasteiger partial charge on any atom is -0.497 e. The Kier molecular flexibility index (Phi) is 6.04. The molecule has 0 aliphatic heterocycles. The highest BCUT2D eigenvalue weighted by molar-refractivity contribution is 5.90. The molecule has 0 aliphatic rings. The summed E-state index contributed by atoms with van der Waals surface area (Å²) in [5, 5.41) is 9.64. The van der Waals surface area contributed by atoms with Crippen LogP contribution in [0.25, 0.3) is 0 Å². The van der Waals surface area contributed by atoms with Gasteiger partial charge < -0.3 is 9.47 Å². The van der Waals surface area contributed by atoms with Gasteiger partial charge in [0.05, 0.1) is 20.6 Å². The standard InChI is InChI=1S/C20H22N4O3/c1-26-16-8-3-14(4-9-16)7-12-18-21-20(24-23-18)22-19(25)13-15-5-10-17(27-2)11-6-15/h3-6,8-11H,7,12-13H2,1-2H3,(H2,21,22,23,24,25). The summed E-state index contributed by atoms with van der Waals surface area (Å²) in [5.74, 6) is 2.44. The van der Waals surface area contributed by atoms with Crippen LogP contribution in [0.4, 0.5) is 5.95 Å². The van der Waals surface area contributed by atoms with Crippen molar-refractivity contribution >= 4 is 11.9 Å². The van der Waals surface area contributed by atoms with Crippen LogP contribution in [-0.2, 0) is 24.1 Å². The monoisotopic (exact) mass is 366 g/mol. The molecule has 27 heavy (non-hydrogen) atoms. The van der Waals surface area contributed by atoms with Crippen LogP contribution in [0.15, 0.2) is 48.5 Å². The summed E-state index contributed by atoms with van der Waals surface area (Å²) >= 11 is 0. The molecule has 0 saturated carbocycles. The number of nitrogens with one attached hydrogen (secondary N) is 2. The molecule has 3 aromatic rings. The molecule has 0 aliphatic carbocycles. The lowest BCUT2D eigenvalue weighted by Crippen LogP contribution is -2.15. The maximum absolute atomic E-state index is 12.1. The van der Waals surface area contributed by atoms with E-state index in [1.807, 2.05) is 48.5 Å². The van der Waals surface area contributed by atoms with Crippen LogP contribution in [0.3, 0.4) is 0 Å². The molecule has 7 heteroatoms. The van der Waals surface area contributed by atoms with Crippen LogP contribution >= 0.6 is 0 Å². The van der Waals surface area contributed by atoms with E-state index in [-0.39, 0.29) is 12.3 Å². The van der Waals surface area contributed by atoms with Crippen LogP contribution in [-0.4, -0.2) is 35.3 Å². The fourth-order valence-corrected chi connectivity index (χ4v) is 2.62. The number of nitrogens with zero attached hydrogens (tertiary/aromatic N) is 2. The van der Waals surface area contributed by atoms with Gasteiger partial charge in [-0.1, -0.05) is 24.3 Å². The summed E-state index contributed by atoms with van der Waals surface area (Å²) in [6, 6.07) is 15.3. The highest BCUT2D eigenvalue weighted by Crippen LogP contribution is 2.14. The number of methoxy groups -OCH3 is 2. The van der Waals surface area contributed by atoms with Gasteiger partial charge in [0.25, 0.3) is 0 Å². The van der Waals surface area contributed by atoms with Crippen LogP contribution in [0.2, 0.25) is 0 Å². The van der Waals surface area contributed by atoms with Crippen molar-refractivity contribution in [1.29, 1.82) is 0 Å². The number of carbonyl (C=O) groups is 1. The van der Waals surface area contributed by atoms with Crippen molar-refractivity contribution in [2.45, 2.75) is 19.3 Å². The van der Waals surface area contributed by atoms with E-state index in [1.54, 1.807) is 14.2 Å². The zero-order valence-corrected chi connectivity index (χ0v) is 15.4. The van der Waals surface area contributed by atoms with Gasteiger partial charge in [-0.25, -0.2) is 0 Å². The molecule has 0 unspecified atom stereocenters. The number of hydrogen-bond donors (Lipinski definition) is 2. The van der Waals surface area contributed by atoms with Gasteiger partial charge in [-0.05, 0) is 41.8 Å². The average Bonchev–Trinajstić information content (AvgIpc) is 3.14. The Morgan fingerprint density at radius 2 is 1.52 bits per heavy atom. The molecule has 0 bridgehead atoms. The second kappa shape index (κ2) is 8.84. The van der Waals surface area contributed by atoms with E-state index in [9.17, 15) is 4.79 Å². The van der Waals surface area contributed by atoms with E-state index in [0.717, 1.165) is 29.3 Å². The number of hydrogen-bond acceptors (Lipinski definition) is 5. The second-order valence-electron chi connectivity index (χ2n) is 6.03. The Hall–Kier alpha value is -3.35. The molecule has 1 amide bonds. The number of H-pyrrole nitrogens is 1. The quantitative estimate of drug-likeness (QED) is 0.640. The summed E-state index contributed by atoms with van der Waals surface area (Å²) in [6.45, 7) is 0.